The van der Waals surface area contributed by atoms with E-state index in [2.05, 4.69) is 15.5 Å². The third-order valence-corrected chi connectivity index (χ3v) is 2.93. The Hall–Kier alpha value is -3.08. The Morgan fingerprint density at radius 3 is 2.33 bits per heavy atom. The minimum atomic E-state index is -0.289. The molecule has 5 heteroatoms. The lowest BCUT2D eigenvalue weighted by Crippen LogP contribution is -2.11. The topological polar surface area (TPSA) is 60.7 Å². The van der Waals surface area contributed by atoms with Crippen molar-refractivity contribution in [3.63, 3.8) is 0 Å². The zero-order valence-corrected chi connectivity index (χ0v) is 11.1. The minimum Gasteiger partial charge on any atom is -0.267 e. The van der Waals surface area contributed by atoms with E-state index in [1.54, 1.807) is 6.08 Å². The van der Waals surface area contributed by atoms with Gasteiger partial charge in [-0.1, -0.05) is 60.7 Å². The number of carbonyl (C=O) groups is 1. The molecular weight excluding hydrogens is 264 g/mol. The Balaban J connectivity index is 1.87. The Morgan fingerprint density at radius 2 is 1.62 bits per heavy atom. The van der Waals surface area contributed by atoms with E-state index in [-0.39, 0.29) is 5.91 Å². The van der Waals surface area contributed by atoms with Gasteiger partial charge in [-0.3, -0.25) is 4.79 Å². The number of allylic oxidation sites excluding steroid dienone is 1. The maximum Gasteiger partial charge on any atom is 0.274 e. The summed E-state index contributed by atoms with van der Waals surface area (Å²) < 4.78 is 1.19. The van der Waals surface area contributed by atoms with Gasteiger partial charge in [0.2, 0.25) is 0 Å². The van der Waals surface area contributed by atoms with E-state index in [4.69, 9.17) is 0 Å². The molecule has 0 N–H and O–H groups in total. The number of tetrazole rings is 1. The molecule has 0 bridgehead atoms. The predicted octanol–water partition coefficient (Wildman–Crippen LogP) is 2.69. The Bertz CT molecular complexity index is 763. The third kappa shape index (κ3) is 2.92. The average molecular weight is 276 g/mol. The molecule has 3 aromatic rings. The minimum absolute atomic E-state index is 0.289. The lowest BCUT2D eigenvalue weighted by atomic mass is 10.2. The van der Waals surface area contributed by atoms with Crippen LogP contribution < -0.4 is 0 Å². The molecule has 0 aliphatic carbocycles. The van der Waals surface area contributed by atoms with Gasteiger partial charge in [0.05, 0.1) is 0 Å². The molecular formula is C16H12N4O. The third-order valence-electron chi connectivity index (χ3n) is 2.93. The highest BCUT2D eigenvalue weighted by molar-refractivity contribution is 5.94. The number of hydrogen-bond donors (Lipinski definition) is 0. The SMILES string of the molecule is O=C(/C=C/c1ccccc1)n1nnnc1-c1ccccc1. The first-order valence-electron chi connectivity index (χ1n) is 6.46. The van der Waals surface area contributed by atoms with Gasteiger partial charge in [-0.05, 0) is 22.1 Å². The molecule has 0 aliphatic rings. The van der Waals surface area contributed by atoms with Crippen LogP contribution in [0.4, 0.5) is 0 Å². The number of hydrogen-bond acceptors (Lipinski definition) is 4. The van der Waals surface area contributed by atoms with Crippen LogP contribution in [-0.2, 0) is 0 Å². The summed E-state index contributed by atoms with van der Waals surface area (Å²) in [6.07, 6.45) is 3.19. The highest BCUT2D eigenvalue weighted by Crippen LogP contribution is 2.14. The van der Waals surface area contributed by atoms with Crippen molar-refractivity contribution in [3.05, 3.63) is 72.3 Å². The molecule has 1 aromatic heterocycles. The highest BCUT2D eigenvalue weighted by Gasteiger charge is 2.12. The van der Waals surface area contributed by atoms with Crippen LogP contribution in [0.5, 0.6) is 0 Å². The van der Waals surface area contributed by atoms with E-state index in [9.17, 15) is 4.79 Å². The van der Waals surface area contributed by atoms with Gasteiger partial charge in [-0.25, -0.2) is 0 Å². The van der Waals surface area contributed by atoms with Gasteiger partial charge < -0.3 is 0 Å². The first-order chi connectivity index (χ1) is 10.3. The van der Waals surface area contributed by atoms with E-state index >= 15 is 0 Å². The first kappa shape index (κ1) is 12.9. The first-order valence-corrected chi connectivity index (χ1v) is 6.46. The number of benzene rings is 2. The molecule has 0 aliphatic heterocycles. The largest absolute Gasteiger partial charge is 0.274 e. The van der Waals surface area contributed by atoms with E-state index in [1.807, 2.05) is 60.7 Å². The fourth-order valence-electron chi connectivity index (χ4n) is 1.91. The van der Waals surface area contributed by atoms with Crippen LogP contribution in [0.2, 0.25) is 0 Å². The molecule has 0 atom stereocenters. The van der Waals surface area contributed by atoms with Crippen LogP contribution >= 0.6 is 0 Å². The maximum absolute atomic E-state index is 12.2. The fraction of sp³-hybridized carbons (Fsp3) is 0. The van der Waals surface area contributed by atoms with Crippen LogP contribution in [0, 0.1) is 0 Å². The quantitative estimate of drug-likeness (QED) is 0.545. The summed E-state index contributed by atoms with van der Waals surface area (Å²) in [5, 5.41) is 11.3. The van der Waals surface area contributed by atoms with Crippen molar-refractivity contribution in [1.29, 1.82) is 0 Å². The zero-order chi connectivity index (χ0) is 14.5. The lowest BCUT2D eigenvalue weighted by Gasteiger charge is -2.00. The number of nitrogens with zero attached hydrogens (tertiary/aromatic N) is 4. The molecule has 2 aromatic carbocycles. The summed E-state index contributed by atoms with van der Waals surface area (Å²) in [4.78, 5) is 12.2. The van der Waals surface area contributed by atoms with Crippen molar-refractivity contribution >= 4 is 12.0 Å². The van der Waals surface area contributed by atoms with Crippen molar-refractivity contribution < 1.29 is 4.79 Å². The van der Waals surface area contributed by atoms with E-state index < -0.39 is 0 Å². The summed E-state index contributed by atoms with van der Waals surface area (Å²) in [6.45, 7) is 0. The number of aromatic nitrogens is 4. The van der Waals surface area contributed by atoms with Crippen molar-refractivity contribution in [2.24, 2.45) is 0 Å². The van der Waals surface area contributed by atoms with Crippen LogP contribution in [0.25, 0.3) is 17.5 Å². The van der Waals surface area contributed by atoms with Gasteiger partial charge in [-0.15, -0.1) is 5.10 Å². The lowest BCUT2D eigenvalue weighted by molar-refractivity contribution is 0.0955. The van der Waals surface area contributed by atoms with Crippen LogP contribution in [0.15, 0.2) is 66.7 Å². The number of carbonyl (C=O) groups excluding carboxylic acids is 1. The maximum atomic E-state index is 12.2. The second-order valence-corrected chi connectivity index (χ2v) is 4.36. The van der Waals surface area contributed by atoms with Gasteiger partial charge in [0.15, 0.2) is 5.82 Å². The van der Waals surface area contributed by atoms with E-state index in [0.717, 1.165) is 11.1 Å². The Kier molecular flexibility index (Phi) is 3.64. The molecule has 0 saturated carbocycles. The van der Waals surface area contributed by atoms with Gasteiger partial charge in [0.25, 0.3) is 5.91 Å². The molecule has 102 valence electrons. The Labute approximate surface area is 121 Å². The molecule has 0 spiro atoms. The van der Waals surface area contributed by atoms with E-state index in [1.165, 1.54) is 10.8 Å². The van der Waals surface area contributed by atoms with Crippen molar-refractivity contribution in [2.75, 3.05) is 0 Å². The molecule has 0 unspecified atom stereocenters. The van der Waals surface area contributed by atoms with Crippen LogP contribution in [0.3, 0.4) is 0 Å². The second kappa shape index (κ2) is 5.92. The van der Waals surface area contributed by atoms with Gasteiger partial charge in [-0.2, -0.15) is 4.68 Å². The molecule has 1 heterocycles. The highest BCUT2D eigenvalue weighted by atomic mass is 16.2. The smallest absolute Gasteiger partial charge is 0.267 e. The van der Waals surface area contributed by atoms with Crippen LogP contribution in [0.1, 0.15) is 10.4 Å². The van der Waals surface area contributed by atoms with E-state index in [0.29, 0.717) is 5.82 Å². The molecule has 0 amide bonds. The summed E-state index contributed by atoms with van der Waals surface area (Å²) in [5.74, 6) is 0.140. The summed E-state index contributed by atoms with van der Waals surface area (Å²) in [6, 6.07) is 18.9. The van der Waals surface area contributed by atoms with Gasteiger partial charge in [0.1, 0.15) is 0 Å². The monoisotopic (exact) mass is 276 g/mol. The summed E-state index contributed by atoms with van der Waals surface area (Å²) in [5.41, 5.74) is 1.74. The molecule has 0 saturated heterocycles. The van der Waals surface area contributed by atoms with Crippen molar-refractivity contribution in [1.82, 2.24) is 20.2 Å². The second-order valence-electron chi connectivity index (χ2n) is 4.36. The Morgan fingerprint density at radius 1 is 0.952 bits per heavy atom. The molecule has 21 heavy (non-hydrogen) atoms. The predicted molar refractivity (Wildman–Crippen MR) is 79.4 cm³/mol. The van der Waals surface area contributed by atoms with Crippen molar-refractivity contribution in [2.45, 2.75) is 0 Å². The molecule has 0 radical (unpaired) electrons. The molecule has 0 fully saturated rings. The van der Waals surface area contributed by atoms with Gasteiger partial charge >= 0.3 is 0 Å². The van der Waals surface area contributed by atoms with Gasteiger partial charge in [0, 0.05) is 11.6 Å². The summed E-state index contributed by atoms with van der Waals surface area (Å²) in [7, 11) is 0. The number of rotatable bonds is 3. The normalized spacial score (nSPS) is 10.9. The standard InChI is InChI=1S/C16H12N4O/c21-15(12-11-13-7-3-1-4-8-13)20-16(17-18-19-20)14-9-5-2-6-10-14/h1-12H/b12-11+. The molecule has 3 rings (SSSR count). The zero-order valence-electron chi connectivity index (χ0n) is 11.1. The average Bonchev–Trinajstić information content (AvgIpc) is 3.04. The van der Waals surface area contributed by atoms with Crippen molar-refractivity contribution in [3.8, 4) is 11.4 Å². The van der Waals surface area contributed by atoms with Crippen LogP contribution in [-0.4, -0.2) is 26.1 Å². The fourth-order valence-corrected chi connectivity index (χ4v) is 1.91. The molecule has 5 nitrogen and oxygen atoms in total. The summed E-state index contributed by atoms with van der Waals surface area (Å²) >= 11 is 0.